The van der Waals surface area contributed by atoms with Crippen LogP contribution in [0.1, 0.15) is 79.9 Å². The van der Waals surface area contributed by atoms with Gasteiger partial charge in [-0.2, -0.15) is 0 Å². The molecule has 2 amide bonds. The third kappa shape index (κ3) is 9.65. The van der Waals surface area contributed by atoms with Gasteiger partial charge < -0.3 is 25.1 Å². The third-order valence-corrected chi connectivity index (χ3v) is 6.94. The molecule has 228 valence electrons. The minimum atomic E-state index is -3.09. The zero-order valence-electron chi connectivity index (χ0n) is 25.0. The lowest BCUT2D eigenvalue weighted by Gasteiger charge is -2.30. The van der Waals surface area contributed by atoms with Crippen molar-refractivity contribution in [3.05, 3.63) is 71.0 Å². The summed E-state index contributed by atoms with van der Waals surface area (Å²) in [5.74, 6) is -4.20. The van der Waals surface area contributed by atoms with Crippen molar-refractivity contribution < 1.29 is 27.9 Å². The van der Waals surface area contributed by atoms with Crippen LogP contribution >= 0.6 is 0 Å². The van der Waals surface area contributed by atoms with E-state index in [4.69, 9.17) is 9.57 Å². The normalized spacial score (nSPS) is 14.0. The van der Waals surface area contributed by atoms with Gasteiger partial charge in [-0.1, -0.05) is 18.1 Å². The number of nitrogens with one attached hydrogen (secondary N) is 2. The number of nitrogens with zero attached hydrogens (tertiary/aromatic N) is 2. The fourth-order valence-electron chi connectivity index (χ4n) is 4.56. The summed E-state index contributed by atoms with van der Waals surface area (Å²) in [7, 11) is 0. The monoisotopic (exact) mass is 584 g/mol. The Labute approximate surface area is 247 Å². The molecule has 0 atom stereocenters. The molecule has 0 spiro atoms. The van der Waals surface area contributed by atoms with Crippen LogP contribution in [0.25, 0.3) is 0 Å². The first kappa shape index (κ1) is 32.7. The number of hydrogen-bond donors (Lipinski definition) is 2. The fraction of sp³-hybridized carbons (Fsp3) is 0.469. The van der Waals surface area contributed by atoms with Gasteiger partial charge in [-0.25, -0.2) is 8.78 Å². The lowest BCUT2D eigenvalue weighted by molar-refractivity contribution is -0.120. The molecule has 10 heteroatoms. The number of rotatable bonds is 14. The van der Waals surface area contributed by atoms with Gasteiger partial charge in [0.2, 0.25) is 5.76 Å². The number of aryl methyl sites for hydroxylation is 1. The molecule has 3 rings (SSSR count). The van der Waals surface area contributed by atoms with Crippen molar-refractivity contribution in [1.82, 2.24) is 5.32 Å². The molecule has 1 aliphatic heterocycles. The highest BCUT2D eigenvalue weighted by Gasteiger charge is 2.27. The second kappa shape index (κ2) is 15.4. The number of oxime groups is 1. The highest BCUT2D eigenvalue weighted by atomic mass is 19.3. The number of halogens is 2. The van der Waals surface area contributed by atoms with E-state index in [1.807, 2.05) is 19.9 Å². The fourth-order valence-corrected chi connectivity index (χ4v) is 4.56. The number of carbonyl (C=O) groups is 2. The number of anilines is 2. The Bertz CT molecular complexity index is 1280. The number of carbonyl (C=O) groups excluding carboxylic acids is 2. The van der Waals surface area contributed by atoms with Crippen molar-refractivity contribution in [2.75, 3.05) is 43.1 Å². The summed E-state index contributed by atoms with van der Waals surface area (Å²) in [4.78, 5) is 32.8. The number of amides is 2. The molecule has 1 saturated heterocycles. The minimum absolute atomic E-state index is 0.150. The van der Waals surface area contributed by atoms with Crippen LogP contribution in [0.2, 0.25) is 0 Å². The first-order chi connectivity index (χ1) is 20.0. The molecule has 2 aromatic carbocycles. The van der Waals surface area contributed by atoms with Crippen molar-refractivity contribution in [1.29, 1.82) is 0 Å². The summed E-state index contributed by atoms with van der Waals surface area (Å²) in [6.07, 6.45) is 4.68. The molecule has 0 unspecified atom stereocenters. The number of hydrogen-bond acceptors (Lipinski definition) is 6. The van der Waals surface area contributed by atoms with Crippen LogP contribution in [-0.2, 0) is 20.3 Å². The zero-order valence-corrected chi connectivity index (χ0v) is 25.0. The Hall–Kier alpha value is -3.79. The highest BCUT2D eigenvalue weighted by Crippen LogP contribution is 2.32. The number of ether oxygens (including phenoxy) is 1. The van der Waals surface area contributed by atoms with Crippen LogP contribution in [0.3, 0.4) is 0 Å². The maximum atomic E-state index is 14.3. The Morgan fingerprint density at radius 1 is 1.10 bits per heavy atom. The van der Waals surface area contributed by atoms with Gasteiger partial charge in [0.05, 0.1) is 5.71 Å². The maximum absolute atomic E-state index is 14.3. The van der Waals surface area contributed by atoms with E-state index in [0.29, 0.717) is 48.8 Å². The predicted molar refractivity (Wildman–Crippen MR) is 162 cm³/mol. The first-order valence-corrected chi connectivity index (χ1v) is 14.5. The summed E-state index contributed by atoms with van der Waals surface area (Å²) in [6.45, 7) is 13.3. The number of benzene rings is 2. The predicted octanol–water partition coefficient (Wildman–Crippen LogP) is 6.54. The lowest BCUT2D eigenvalue weighted by Crippen LogP contribution is -2.30. The van der Waals surface area contributed by atoms with Crippen LogP contribution < -0.4 is 15.5 Å². The summed E-state index contributed by atoms with van der Waals surface area (Å²) < 4.78 is 34.1. The van der Waals surface area contributed by atoms with E-state index in [1.165, 1.54) is 12.1 Å². The van der Waals surface area contributed by atoms with Gasteiger partial charge in [0, 0.05) is 67.8 Å². The second-order valence-corrected chi connectivity index (χ2v) is 10.6. The average Bonchev–Trinajstić information content (AvgIpc) is 2.98. The standard InChI is InChI=1S/C32H42F2N4O4/c1-6-16-41-17-10-13-35-30(39)24(4)42-37-23(3)29-21-27(12-11-22(29)2)36-31(40)25-18-26(32(5,33)34)20-28(19-25)38-14-8-7-9-15-38/h11-12,18-21H,4,6-10,13-17H2,1-3,5H3,(H,35,39)(H,36,40)/b37-23+. The topological polar surface area (TPSA) is 92.3 Å². The van der Waals surface area contributed by atoms with Crippen LogP contribution in [0.15, 0.2) is 53.9 Å². The van der Waals surface area contributed by atoms with Gasteiger partial charge in [0.15, 0.2) is 0 Å². The summed E-state index contributed by atoms with van der Waals surface area (Å²) >= 11 is 0. The number of alkyl halides is 2. The van der Waals surface area contributed by atoms with Crippen molar-refractivity contribution in [3.63, 3.8) is 0 Å². The molecule has 2 aromatic rings. The van der Waals surface area contributed by atoms with Gasteiger partial charge in [0.25, 0.3) is 17.7 Å². The van der Waals surface area contributed by atoms with Crippen LogP contribution in [0, 0.1) is 6.92 Å². The quantitative estimate of drug-likeness (QED) is 0.0866. The summed E-state index contributed by atoms with van der Waals surface area (Å²) in [5.41, 5.74) is 3.05. The van der Waals surface area contributed by atoms with E-state index in [2.05, 4.69) is 27.3 Å². The largest absolute Gasteiger partial charge is 0.381 e. The third-order valence-electron chi connectivity index (χ3n) is 6.94. The van der Waals surface area contributed by atoms with Gasteiger partial charge in [-0.05, 0) is 88.4 Å². The maximum Gasteiger partial charge on any atom is 0.289 e. The molecule has 0 aliphatic carbocycles. The van der Waals surface area contributed by atoms with E-state index in [9.17, 15) is 18.4 Å². The molecule has 0 radical (unpaired) electrons. The van der Waals surface area contributed by atoms with Crippen LogP contribution in [-0.4, -0.2) is 50.4 Å². The van der Waals surface area contributed by atoms with Crippen molar-refractivity contribution in [2.24, 2.45) is 5.16 Å². The molecule has 8 nitrogen and oxygen atoms in total. The van der Waals surface area contributed by atoms with E-state index >= 15 is 0 Å². The van der Waals surface area contributed by atoms with Gasteiger partial charge >= 0.3 is 0 Å². The van der Waals surface area contributed by atoms with E-state index < -0.39 is 17.7 Å². The second-order valence-electron chi connectivity index (χ2n) is 10.6. The zero-order chi connectivity index (χ0) is 30.7. The van der Waals surface area contributed by atoms with E-state index in [-0.39, 0.29) is 16.9 Å². The van der Waals surface area contributed by atoms with Crippen LogP contribution in [0.5, 0.6) is 0 Å². The minimum Gasteiger partial charge on any atom is -0.381 e. The van der Waals surface area contributed by atoms with Crippen LogP contribution in [0.4, 0.5) is 20.2 Å². The Morgan fingerprint density at radius 2 is 1.83 bits per heavy atom. The van der Waals surface area contributed by atoms with Gasteiger partial charge in [-0.15, -0.1) is 0 Å². The molecule has 0 saturated carbocycles. The molecule has 0 aromatic heterocycles. The van der Waals surface area contributed by atoms with Crippen molar-refractivity contribution in [3.8, 4) is 0 Å². The molecule has 1 heterocycles. The van der Waals surface area contributed by atoms with E-state index in [0.717, 1.165) is 51.3 Å². The Morgan fingerprint density at radius 3 is 2.52 bits per heavy atom. The van der Waals surface area contributed by atoms with Gasteiger partial charge in [-0.3, -0.25) is 9.59 Å². The molecule has 2 N–H and O–H groups in total. The first-order valence-electron chi connectivity index (χ1n) is 14.5. The van der Waals surface area contributed by atoms with Crippen molar-refractivity contribution >= 4 is 28.9 Å². The van der Waals surface area contributed by atoms with Gasteiger partial charge in [0.1, 0.15) is 0 Å². The lowest BCUT2D eigenvalue weighted by atomic mass is 10.0. The molecule has 42 heavy (non-hydrogen) atoms. The molecular weight excluding hydrogens is 542 g/mol. The van der Waals surface area contributed by atoms with Crippen molar-refractivity contribution in [2.45, 2.75) is 65.7 Å². The SMILES string of the molecule is C=C(O/N=C(\C)c1cc(NC(=O)c2cc(N3CCCCC3)cc(C(C)(F)F)c2)ccc1C)C(=O)NCCCOCCC. The molecular formula is C32H42F2N4O4. The smallest absolute Gasteiger partial charge is 0.289 e. The molecule has 1 fully saturated rings. The summed E-state index contributed by atoms with van der Waals surface area (Å²) in [6, 6.07) is 9.64. The summed E-state index contributed by atoms with van der Waals surface area (Å²) in [5, 5.41) is 9.59. The Balaban J connectivity index is 1.69. The molecule has 1 aliphatic rings. The molecule has 0 bridgehead atoms. The van der Waals surface area contributed by atoms with E-state index in [1.54, 1.807) is 25.1 Å². The number of piperidine rings is 1. The Kier molecular flexibility index (Phi) is 12.0. The highest BCUT2D eigenvalue weighted by molar-refractivity contribution is 6.06. The average molecular weight is 585 g/mol.